The lowest BCUT2D eigenvalue weighted by molar-refractivity contribution is -0.114. The van der Waals surface area contributed by atoms with Crippen molar-refractivity contribution < 1.29 is 4.79 Å². The zero-order valence-electron chi connectivity index (χ0n) is 18.1. The summed E-state index contributed by atoms with van der Waals surface area (Å²) < 4.78 is 1.85. The van der Waals surface area contributed by atoms with Crippen LogP contribution in [0.15, 0.2) is 52.0 Å². The molecule has 6 rings (SSSR count). The molecule has 1 saturated carbocycles. The third kappa shape index (κ3) is 3.46. The highest BCUT2D eigenvalue weighted by molar-refractivity contribution is 8.16. The molecular weight excluding hydrogens is 452 g/mol. The lowest BCUT2D eigenvalue weighted by Crippen LogP contribution is -2.37. The maximum Gasteiger partial charge on any atom is 0.283 e. The fourth-order valence-corrected chi connectivity index (χ4v) is 6.54. The van der Waals surface area contributed by atoms with E-state index in [-0.39, 0.29) is 11.4 Å². The molecule has 166 valence electrons. The largest absolute Gasteiger partial charge is 0.283 e. The first-order chi connectivity index (χ1) is 16.1. The van der Waals surface area contributed by atoms with Gasteiger partial charge in [0.1, 0.15) is 10.8 Å². The standard InChI is InChI=1S/C24H22N6OS2/c1-14-13-32-23-27-21(31)17(20(25)29(14)23)12-18-19(15-8-4-2-5-9-15)26-24-30(18)28-22(33-24)16-10-6-3-7-11-16/h2,4-5,8-9,12-13,16,25H,3,6-7,10-11H2,1H3/b17-12-,25-20?. The number of hydrogen-bond donors (Lipinski definition) is 1. The van der Waals surface area contributed by atoms with Crippen molar-refractivity contribution in [1.82, 2.24) is 19.5 Å². The number of hydrogen-bond acceptors (Lipinski definition) is 6. The molecule has 2 aliphatic heterocycles. The van der Waals surface area contributed by atoms with Gasteiger partial charge in [0, 0.05) is 17.2 Å². The zero-order valence-corrected chi connectivity index (χ0v) is 19.7. The van der Waals surface area contributed by atoms with E-state index in [1.54, 1.807) is 22.3 Å². The van der Waals surface area contributed by atoms with E-state index in [0.717, 1.165) is 45.5 Å². The number of imidazole rings is 1. The van der Waals surface area contributed by atoms with Crippen molar-refractivity contribution >= 4 is 51.0 Å². The predicted octanol–water partition coefficient (Wildman–Crippen LogP) is 5.67. The molecule has 3 aliphatic rings. The molecular formula is C24H22N6OS2. The van der Waals surface area contributed by atoms with E-state index in [4.69, 9.17) is 15.5 Å². The summed E-state index contributed by atoms with van der Waals surface area (Å²) in [5.74, 6) is 0.210. The van der Waals surface area contributed by atoms with Crippen LogP contribution < -0.4 is 0 Å². The number of carbonyl (C=O) groups is 1. The van der Waals surface area contributed by atoms with Crippen LogP contribution in [-0.4, -0.2) is 36.4 Å². The minimum Gasteiger partial charge on any atom is -0.283 e. The van der Waals surface area contributed by atoms with Gasteiger partial charge in [0.05, 0.1) is 17.0 Å². The third-order valence-electron chi connectivity index (χ3n) is 6.32. The quantitative estimate of drug-likeness (QED) is 0.494. The molecule has 0 bridgehead atoms. The van der Waals surface area contributed by atoms with Gasteiger partial charge in [-0.25, -0.2) is 9.50 Å². The molecule has 2 aromatic heterocycles. The van der Waals surface area contributed by atoms with Crippen LogP contribution in [-0.2, 0) is 4.79 Å². The Bertz CT molecular complexity index is 1370. The number of amidine groups is 2. The van der Waals surface area contributed by atoms with E-state index < -0.39 is 5.91 Å². The monoisotopic (exact) mass is 474 g/mol. The molecule has 3 aromatic rings. The average molecular weight is 475 g/mol. The third-order valence-corrected chi connectivity index (χ3v) is 8.34. The highest BCUT2D eigenvalue weighted by Crippen LogP contribution is 2.38. The van der Waals surface area contributed by atoms with Gasteiger partial charge in [-0.1, -0.05) is 72.7 Å². The molecule has 4 heterocycles. The van der Waals surface area contributed by atoms with E-state index in [1.807, 2.05) is 47.2 Å². The van der Waals surface area contributed by atoms with E-state index in [2.05, 4.69) is 4.99 Å². The molecule has 1 aromatic carbocycles. The van der Waals surface area contributed by atoms with E-state index in [9.17, 15) is 4.79 Å². The SMILES string of the molecule is CC1=CSC2=NC(=O)/C(=C\c3c(-c4ccccc4)nc4sc(C5CCCCC5)nn34)C(=N)N12. The number of benzene rings is 1. The number of thioether (sulfide) groups is 1. The van der Waals surface area contributed by atoms with Crippen molar-refractivity contribution in [2.75, 3.05) is 0 Å². The molecule has 0 atom stereocenters. The fourth-order valence-electron chi connectivity index (χ4n) is 4.61. The Labute approximate surface area is 199 Å². The van der Waals surface area contributed by atoms with Crippen LogP contribution in [0.3, 0.4) is 0 Å². The highest BCUT2D eigenvalue weighted by Gasteiger charge is 2.35. The maximum atomic E-state index is 12.9. The van der Waals surface area contributed by atoms with Gasteiger partial charge in [-0.3, -0.25) is 15.1 Å². The number of amides is 1. The number of nitrogens with zero attached hydrogens (tertiary/aromatic N) is 5. The first-order valence-corrected chi connectivity index (χ1v) is 12.8. The van der Waals surface area contributed by atoms with Gasteiger partial charge in [0.2, 0.25) is 4.96 Å². The summed E-state index contributed by atoms with van der Waals surface area (Å²) in [6.45, 7) is 1.92. The van der Waals surface area contributed by atoms with Crippen LogP contribution >= 0.6 is 23.1 Å². The first kappa shape index (κ1) is 20.6. The van der Waals surface area contributed by atoms with Crippen molar-refractivity contribution in [1.29, 1.82) is 5.41 Å². The molecule has 9 heteroatoms. The average Bonchev–Trinajstić information content (AvgIpc) is 3.51. The van der Waals surface area contributed by atoms with Gasteiger partial charge in [0.15, 0.2) is 5.17 Å². The summed E-state index contributed by atoms with van der Waals surface area (Å²) in [7, 11) is 0. The molecule has 1 amide bonds. The Balaban J connectivity index is 1.51. The minimum absolute atomic E-state index is 0.139. The van der Waals surface area contributed by atoms with Crippen LogP contribution in [0.25, 0.3) is 22.3 Å². The Hall–Kier alpha value is -3.04. The highest BCUT2D eigenvalue weighted by atomic mass is 32.2. The number of rotatable bonds is 3. The Morgan fingerprint density at radius 1 is 1.15 bits per heavy atom. The van der Waals surface area contributed by atoms with E-state index in [0.29, 0.717) is 11.1 Å². The van der Waals surface area contributed by atoms with Gasteiger partial charge in [-0.15, -0.1) is 0 Å². The summed E-state index contributed by atoms with van der Waals surface area (Å²) in [6.07, 6.45) is 7.85. The summed E-state index contributed by atoms with van der Waals surface area (Å²) in [5, 5.41) is 17.3. The van der Waals surface area contributed by atoms with Crippen LogP contribution in [0.1, 0.15) is 55.6 Å². The second-order valence-corrected chi connectivity index (χ2v) is 10.3. The lowest BCUT2D eigenvalue weighted by Gasteiger charge is -2.25. The van der Waals surface area contributed by atoms with Crippen LogP contribution in [0.4, 0.5) is 0 Å². The Kier molecular flexibility index (Phi) is 5.03. The van der Waals surface area contributed by atoms with Crippen molar-refractivity contribution in [3.05, 3.63) is 57.7 Å². The lowest BCUT2D eigenvalue weighted by atomic mass is 9.90. The molecule has 0 radical (unpaired) electrons. The summed E-state index contributed by atoms with van der Waals surface area (Å²) in [5.41, 5.74) is 3.57. The summed E-state index contributed by atoms with van der Waals surface area (Å²) in [4.78, 5) is 24.6. The zero-order chi connectivity index (χ0) is 22.5. The molecule has 0 unspecified atom stereocenters. The number of allylic oxidation sites excluding steroid dienone is 1. The van der Waals surface area contributed by atoms with Gasteiger partial charge < -0.3 is 0 Å². The van der Waals surface area contributed by atoms with Crippen molar-refractivity contribution in [3.8, 4) is 11.3 Å². The van der Waals surface area contributed by atoms with Gasteiger partial charge in [-0.05, 0) is 31.2 Å². The van der Waals surface area contributed by atoms with Gasteiger partial charge >= 0.3 is 0 Å². The molecule has 0 spiro atoms. The normalized spacial score (nSPS) is 20.5. The van der Waals surface area contributed by atoms with Gasteiger partial charge in [-0.2, -0.15) is 10.1 Å². The fraction of sp³-hybridized carbons (Fsp3) is 0.292. The Morgan fingerprint density at radius 2 is 1.94 bits per heavy atom. The smallest absolute Gasteiger partial charge is 0.283 e. The molecule has 7 nitrogen and oxygen atoms in total. The topological polar surface area (TPSA) is 86.7 Å². The minimum atomic E-state index is -0.404. The summed E-state index contributed by atoms with van der Waals surface area (Å²) in [6, 6.07) is 9.92. The molecule has 1 aliphatic carbocycles. The molecule has 33 heavy (non-hydrogen) atoms. The van der Waals surface area contributed by atoms with Crippen LogP contribution in [0.5, 0.6) is 0 Å². The number of nitrogens with one attached hydrogen (secondary N) is 1. The molecule has 0 saturated heterocycles. The molecule has 1 N–H and O–H groups in total. The molecule has 1 fully saturated rings. The van der Waals surface area contributed by atoms with E-state index in [1.165, 1.54) is 31.0 Å². The van der Waals surface area contributed by atoms with Crippen LogP contribution in [0.2, 0.25) is 0 Å². The van der Waals surface area contributed by atoms with Crippen molar-refractivity contribution in [2.45, 2.75) is 44.9 Å². The summed E-state index contributed by atoms with van der Waals surface area (Å²) >= 11 is 3.01. The van der Waals surface area contributed by atoms with Gasteiger partial charge in [0.25, 0.3) is 5.91 Å². The second-order valence-electron chi connectivity index (χ2n) is 8.50. The van der Waals surface area contributed by atoms with Crippen molar-refractivity contribution in [3.63, 3.8) is 0 Å². The number of aliphatic imine (C=N–C) groups is 1. The Morgan fingerprint density at radius 3 is 2.73 bits per heavy atom. The second kappa shape index (κ2) is 8.07. The number of aromatic nitrogens is 3. The number of fused-ring (bicyclic) bond motifs is 2. The number of carbonyl (C=O) groups excluding carboxylic acids is 1. The van der Waals surface area contributed by atoms with E-state index >= 15 is 0 Å². The van der Waals surface area contributed by atoms with Crippen LogP contribution in [0, 0.1) is 5.41 Å². The van der Waals surface area contributed by atoms with Crippen molar-refractivity contribution in [2.24, 2.45) is 4.99 Å². The predicted molar refractivity (Wildman–Crippen MR) is 133 cm³/mol. The maximum absolute atomic E-state index is 12.9. The first-order valence-electron chi connectivity index (χ1n) is 11.1.